The third-order valence-electron chi connectivity index (χ3n) is 4.90. The number of carbonyl (C=O) groups excluding carboxylic acids is 1. The minimum absolute atomic E-state index is 0.00990. The molecule has 1 saturated heterocycles. The van der Waals surface area contributed by atoms with Crippen molar-refractivity contribution in [1.29, 1.82) is 0 Å². The maximum absolute atomic E-state index is 13.4. The summed E-state index contributed by atoms with van der Waals surface area (Å²) >= 11 is 0. The highest BCUT2D eigenvalue weighted by Crippen LogP contribution is 2.35. The number of nitrogens with zero attached hydrogens (tertiary/aromatic N) is 5. The summed E-state index contributed by atoms with van der Waals surface area (Å²) < 4.78 is 80.3. The Morgan fingerprint density at radius 2 is 2.03 bits per heavy atom. The Bertz CT molecular complexity index is 922. The normalized spacial score (nSPS) is 26.4. The predicted octanol–water partition coefficient (Wildman–Crippen LogP) is 0.628. The van der Waals surface area contributed by atoms with Crippen LogP contribution in [0.3, 0.4) is 0 Å². The van der Waals surface area contributed by atoms with Crippen molar-refractivity contribution in [2.45, 2.75) is 42.7 Å². The van der Waals surface area contributed by atoms with Crippen molar-refractivity contribution in [3.8, 4) is 0 Å². The Morgan fingerprint density at radius 3 is 2.59 bits per heavy atom. The van der Waals surface area contributed by atoms with Crippen LogP contribution in [0.1, 0.15) is 19.3 Å². The van der Waals surface area contributed by atoms with E-state index in [2.05, 4.69) is 10.2 Å². The minimum Gasteiger partial charge on any atom is -0.364 e. The lowest BCUT2D eigenvalue weighted by molar-refractivity contribution is -0.195. The van der Waals surface area contributed by atoms with Crippen molar-refractivity contribution in [2.24, 2.45) is 18.1 Å². The Kier molecular flexibility index (Phi) is 5.71. The molecule has 0 bridgehead atoms. The van der Waals surface area contributed by atoms with Gasteiger partial charge in [0.15, 0.2) is 0 Å². The van der Waals surface area contributed by atoms with Crippen LogP contribution >= 0.6 is 0 Å². The van der Waals surface area contributed by atoms with E-state index < -0.39 is 52.6 Å². The molecule has 0 spiro atoms. The number of aromatic nitrogens is 2. The monoisotopic (exact) mass is 441 g/mol. The van der Waals surface area contributed by atoms with E-state index in [9.17, 15) is 35.9 Å². The zero-order valence-electron chi connectivity index (χ0n) is 15.3. The number of halogens is 4. The van der Waals surface area contributed by atoms with E-state index in [4.69, 9.17) is 0 Å². The zero-order valence-corrected chi connectivity index (χ0v) is 16.1. The summed E-state index contributed by atoms with van der Waals surface area (Å²) in [6.07, 6.45) is -5.16. The molecule has 1 N–H and O–H groups in total. The van der Waals surface area contributed by atoms with Gasteiger partial charge < -0.3 is 5.11 Å². The SMILES string of the molecule is Cn1cc(S(=O)(=O)N2CCC[C@@H](C(=O)N3N=C(C(F)F)C[C@@]3(O)C(F)F)C2)cn1. The summed E-state index contributed by atoms with van der Waals surface area (Å²) in [4.78, 5) is 12.6. The molecule has 1 aromatic rings. The van der Waals surface area contributed by atoms with E-state index in [0.29, 0.717) is 0 Å². The number of aryl methyl sites for hydroxylation is 1. The molecule has 14 heteroatoms. The number of piperidine rings is 1. The molecular weight excluding hydrogens is 422 g/mol. The van der Waals surface area contributed by atoms with Crippen molar-refractivity contribution < 1.29 is 35.9 Å². The molecule has 162 valence electrons. The van der Waals surface area contributed by atoms with Crippen molar-refractivity contribution in [1.82, 2.24) is 19.1 Å². The summed E-state index contributed by atoms with van der Waals surface area (Å²) in [5.74, 6) is -2.25. The molecule has 0 aliphatic carbocycles. The van der Waals surface area contributed by atoms with Gasteiger partial charge in [-0.15, -0.1) is 0 Å². The van der Waals surface area contributed by atoms with Crippen LogP contribution in [0.25, 0.3) is 0 Å². The fourth-order valence-electron chi connectivity index (χ4n) is 3.34. The number of rotatable bonds is 5. The first-order valence-electron chi connectivity index (χ1n) is 8.65. The van der Waals surface area contributed by atoms with Gasteiger partial charge in [0.1, 0.15) is 10.6 Å². The van der Waals surface area contributed by atoms with E-state index in [0.717, 1.165) is 10.5 Å². The van der Waals surface area contributed by atoms with Crippen LogP contribution in [-0.4, -0.2) is 75.9 Å². The van der Waals surface area contributed by atoms with Crippen LogP contribution in [0, 0.1) is 5.92 Å². The lowest BCUT2D eigenvalue weighted by Gasteiger charge is -2.36. The molecule has 1 fully saturated rings. The Morgan fingerprint density at radius 1 is 1.34 bits per heavy atom. The van der Waals surface area contributed by atoms with E-state index in [1.165, 1.54) is 17.9 Å². The molecule has 0 unspecified atom stereocenters. The van der Waals surface area contributed by atoms with Gasteiger partial charge in [-0.2, -0.15) is 19.5 Å². The van der Waals surface area contributed by atoms with Crippen molar-refractivity contribution >= 4 is 21.6 Å². The number of aliphatic hydroxyl groups is 1. The second-order valence-electron chi connectivity index (χ2n) is 6.95. The highest BCUT2D eigenvalue weighted by Gasteiger charge is 2.54. The standard InChI is InChI=1S/C15H19F4N5O4S/c1-22-8-10(6-20-22)29(27,28)23-4-2-3-9(7-23)13(25)24-15(26,14(18)19)5-11(21-24)12(16)17/h6,8-9,12,14,26H,2-5,7H2,1H3/t9-,15-/m1/s1. The van der Waals surface area contributed by atoms with Gasteiger partial charge in [0.05, 0.1) is 12.1 Å². The lowest BCUT2D eigenvalue weighted by Crippen LogP contribution is -2.55. The number of sulfonamides is 1. The minimum atomic E-state index is -3.99. The number of hydrogen-bond donors (Lipinski definition) is 1. The van der Waals surface area contributed by atoms with Gasteiger partial charge in [0.2, 0.25) is 21.7 Å². The maximum Gasteiger partial charge on any atom is 0.287 e. The highest BCUT2D eigenvalue weighted by molar-refractivity contribution is 7.89. The maximum atomic E-state index is 13.4. The van der Waals surface area contributed by atoms with Crippen LogP contribution < -0.4 is 0 Å². The van der Waals surface area contributed by atoms with Crippen LogP contribution in [0.4, 0.5) is 17.6 Å². The second kappa shape index (κ2) is 7.65. The van der Waals surface area contributed by atoms with Crippen LogP contribution in [-0.2, 0) is 21.9 Å². The molecule has 2 aliphatic rings. The predicted molar refractivity (Wildman–Crippen MR) is 90.5 cm³/mol. The van der Waals surface area contributed by atoms with E-state index in [1.54, 1.807) is 0 Å². The molecule has 1 aromatic heterocycles. The number of hydrogen-bond acceptors (Lipinski definition) is 6. The van der Waals surface area contributed by atoms with Gasteiger partial charge >= 0.3 is 0 Å². The zero-order chi connectivity index (χ0) is 21.6. The van der Waals surface area contributed by atoms with Crippen molar-refractivity contribution in [3.63, 3.8) is 0 Å². The van der Waals surface area contributed by atoms with Crippen LogP contribution in [0.5, 0.6) is 0 Å². The molecule has 2 atom stereocenters. The average molecular weight is 441 g/mol. The number of alkyl halides is 4. The second-order valence-corrected chi connectivity index (χ2v) is 8.89. The van der Waals surface area contributed by atoms with Gasteiger partial charge in [-0.3, -0.25) is 9.48 Å². The highest BCUT2D eigenvalue weighted by atomic mass is 32.2. The average Bonchev–Trinajstić information content (AvgIpc) is 3.26. The quantitative estimate of drug-likeness (QED) is 0.675. The summed E-state index contributed by atoms with van der Waals surface area (Å²) in [6.45, 7) is -0.267. The van der Waals surface area contributed by atoms with Gasteiger partial charge in [-0.05, 0) is 12.8 Å². The van der Waals surface area contributed by atoms with E-state index in [-0.39, 0.29) is 35.8 Å². The molecule has 1 amide bonds. The van der Waals surface area contributed by atoms with Gasteiger partial charge in [-0.1, -0.05) is 0 Å². The summed E-state index contributed by atoms with van der Waals surface area (Å²) in [5, 5.41) is 17.1. The Hall–Kier alpha value is -2.06. The molecule has 0 aromatic carbocycles. The molecule has 0 radical (unpaired) electrons. The summed E-state index contributed by atoms with van der Waals surface area (Å²) in [7, 11) is -2.46. The number of amides is 1. The van der Waals surface area contributed by atoms with E-state index >= 15 is 0 Å². The summed E-state index contributed by atoms with van der Waals surface area (Å²) in [5.41, 5.74) is -4.22. The number of carbonyl (C=O) groups is 1. The first-order valence-corrected chi connectivity index (χ1v) is 10.1. The molecule has 0 saturated carbocycles. The fraction of sp³-hybridized carbons (Fsp3) is 0.667. The molecule has 2 aliphatic heterocycles. The summed E-state index contributed by atoms with van der Waals surface area (Å²) in [6, 6.07) is 0. The Labute approximate surface area is 163 Å². The van der Waals surface area contributed by atoms with Gasteiger partial charge in [0, 0.05) is 32.8 Å². The van der Waals surface area contributed by atoms with Crippen molar-refractivity contribution in [3.05, 3.63) is 12.4 Å². The van der Waals surface area contributed by atoms with Crippen LogP contribution in [0.2, 0.25) is 0 Å². The fourth-order valence-corrected chi connectivity index (χ4v) is 4.85. The molecule has 3 rings (SSSR count). The molecular formula is C15H19F4N5O4S. The lowest BCUT2D eigenvalue weighted by atomic mass is 9.97. The van der Waals surface area contributed by atoms with Gasteiger partial charge in [-0.25, -0.2) is 26.0 Å². The van der Waals surface area contributed by atoms with Crippen molar-refractivity contribution in [2.75, 3.05) is 13.1 Å². The van der Waals surface area contributed by atoms with E-state index in [1.807, 2.05) is 0 Å². The van der Waals surface area contributed by atoms with Crippen LogP contribution in [0.15, 0.2) is 22.4 Å². The molecule has 3 heterocycles. The largest absolute Gasteiger partial charge is 0.364 e. The molecule has 29 heavy (non-hydrogen) atoms. The van der Waals surface area contributed by atoms with Gasteiger partial charge in [0.25, 0.3) is 12.9 Å². The Balaban J connectivity index is 1.83. The topological polar surface area (TPSA) is 108 Å². The first-order chi connectivity index (χ1) is 13.5. The smallest absolute Gasteiger partial charge is 0.287 e. The number of hydrazone groups is 1. The first kappa shape index (κ1) is 21.6. The third kappa shape index (κ3) is 3.88. The molecule has 9 nitrogen and oxygen atoms in total. The third-order valence-corrected chi connectivity index (χ3v) is 6.72.